The summed E-state index contributed by atoms with van der Waals surface area (Å²) in [6.07, 6.45) is 1.18. The van der Waals surface area contributed by atoms with Crippen molar-refractivity contribution >= 4 is 20.0 Å². The average molecular weight is 540 g/mol. The van der Waals surface area contributed by atoms with Crippen molar-refractivity contribution in [3.63, 3.8) is 0 Å². The Kier molecular flexibility index (Phi) is 8.35. The minimum absolute atomic E-state index is 0.00107. The molecule has 2 aromatic carbocycles. The molecule has 36 heavy (non-hydrogen) atoms. The number of aliphatic hydroxyl groups is 1. The number of sulfonamides is 2. The van der Waals surface area contributed by atoms with Crippen LogP contribution in [0.4, 0.5) is 0 Å². The van der Waals surface area contributed by atoms with Crippen molar-refractivity contribution in [1.82, 2.24) is 14.3 Å². The van der Waals surface area contributed by atoms with Gasteiger partial charge in [0.25, 0.3) is 0 Å². The molecule has 2 aliphatic rings. The number of nitrogens with zero attached hydrogens (tertiary/aromatic N) is 1. The van der Waals surface area contributed by atoms with Gasteiger partial charge in [-0.3, -0.25) is 0 Å². The van der Waals surface area contributed by atoms with Crippen molar-refractivity contribution in [1.29, 1.82) is 0 Å². The quantitative estimate of drug-likeness (QED) is 0.406. The summed E-state index contributed by atoms with van der Waals surface area (Å²) in [4.78, 5) is 0.394. The van der Waals surface area contributed by atoms with E-state index in [1.165, 1.54) is 23.5 Å². The van der Waals surface area contributed by atoms with Crippen molar-refractivity contribution in [2.24, 2.45) is 0 Å². The van der Waals surface area contributed by atoms with E-state index >= 15 is 0 Å². The van der Waals surface area contributed by atoms with Gasteiger partial charge in [-0.2, -0.15) is 4.31 Å². The van der Waals surface area contributed by atoms with Crippen LogP contribution >= 0.6 is 0 Å². The fourth-order valence-corrected chi connectivity index (χ4v) is 6.83. The molecule has 2 fully saturated rings. The molecule has 3 N–H and O–H groups in total. The fourth-order valence-electron chi connectivity index (χ4n) is 4.60. The Labute approximate surface area is 212 Å². The Hall–Kier alpha value is -2.06. The molecule has 198 valence electrons. The van der Waals surface area contributed by atoms with E-state index in [-0.39, 0.29) is 29.7 Å². The van der Waals surface area contributed by atoms with Gasteiger partial charge in [0.05, 0.1) is 22.0 Å². The van der Waals surface area contributed by atoms with Gasteiger partial charge in [0, 0.05) is 31.7 Å². The van der Waals surface area contributed by atoms with Crippen LogP contribution < -0.4 is 14.8 Å². The number of nitrogens with one attached hydrogen (secondary N) is 2. The van der Waals surface area contributed by atoms with Crippen LogP contribution in [0.25, 0.3) is 0 Å². The van der Waals surface area contributed by atoms with Crippen LogP contribution in [0.1, 0.15) is 19.3 Å². The maximum atomic E-state index is 12.9. The van der Waals surface area contributed by atoms with Crippen molar-refractivity contribution in [2.45, 2.75) is 46.8 Å². The van der Waals surface area contributed by atoms with Gasteiger partial charge in [-0.05, 0) is 50.6 Å². The van der Waals surface area contributed by atoms with Crippen molar-refractivity contribution in [3.8, 4) is 5.75 Å². The van der Waals surface area contributed by atoms with Crippen molar-refractivity contribution in [3.05, 3.63) is 54.6 Å². The first-order valence-corrected chi connectivity index (χ1v) is 14.8. The Morgan fingerprint density at radius 3 is 2.47 bits per heavy atom. The van der Waals surface area contributed by atoms with Gasteiger partial charge < -0.3 is 19.9 Å². The summed E-state index contributed by atoms with van der Waals surface area (Å²) in [5.41, 5.74) is -0.360. The zero-order valence-electron chi connectivity index (χ0n) is 20.2. The van der Waals surface area contributed by atoms with Crippen LogP contribution in [-0.2, 0) is 24.8 Å². The Bertz CT molecular complexity index is 1230. The molecule has 2 aliphatic heterocycles. The average Bonchev–Trinajstić information content (AvgIpc) is 3.29. The highest BCUT2D eigenvalue weighted by atomic mass is 32.2. The Morgan fingerprint density at radius 1 is 1.08 bits per heavy atom. The predicted molar refractivity (Wildman–Crippen MR) is 134 cm³/mol. The van der Waals surface area contributed by atoms with Crippen LogP contribution in [0.2, 0.25) is 0 Å². The van der Waals surface area contributed by atoms with E-state index in [0.717, 1.165) is 6.42 Å². The lowest BCUT2D eigenvalue weighted by molar-refractivity contribution is -0.0312. The van der Waals surface area contributed by atoms with Gasteiger partial charge in [-0.15, -0.1) is 0 Å². The maximum Gasteiger partial charge on any atom is 0.243 e. The highest BCUT2D eigenvalue weighted by molar-refractivity contribution is 7.89. The third-order valence-corrected chi connectivity index (χ3v) is 10.0. The molecular formula is C24H33N3O7S2. The first-order valence-electron chi connectivity index (χ1n) is 11.9. The third-order valence-electron chi connectivity index (χ3n) is 6.69. The van der Waals surface area contributed by atoms with Gasteiger partial charge in [0.2, 0.25) is 20.0 Å². The van der Waals surface area contributed by atoms with Crippen LogP contribution in [0, 0.1) is 0 Å². The lowest BCUT2D eigenvalue weighted by Crippen LogP contribution is -2.47. The van der Waals surface area contributed by atoms with E-state index in [0.29, 0.717) is 43.2 Å². The molecule has 4 rings (SSSR count). The number of rotatable bonds is 10. The highest BCUT2D eigenvalue weighted by Crippen LogP contribution is 2.37. The predicted octanol–water partition coefficient (Wildman–Crippen LogP) is 0.936. The summed E-state index contributed by atoms with van der Waals surface area (Å²) >= 11 is 0. The highest BCUT2D eigenvalue weighted by Gasteiger charge is 2.44. The monoisotopic (exact) mass is 539 g/mol. The van der Waals surface area contributed by atoms with E-state index in [1.54, 1.807) is 42.5 Å². The van der Waals surface area contributed by atoms with Gasteiger partial charge in [0.15, 0.2) is 0 Å². The molecule has 0 aliphatic carbocycles. The molecule has 2 saturated heterocycles. The molecule has 12 heteroatoms. The fraction of sp³-hybridized carbons (Fsp3) is 0.500. The summed E-state index contributed by atoms with van der Waals surface area (Å²) in [6.45, 7) is 1.59. The van der Waals surface area contributed by atoms with Crippen LogP contribution in [0.15, 0.2) is 64.4 Å². The van der Waals surface area contributed by atoms with Crippen LogP contribution in [-0.4, -0.2) is 83.9 Å². The number of hydrogen-bond donors (Lipinski definition) is 3. The number of ether oxygens (including phenoxy) is 2. The molecule has 0 aromatic heterocycles. The molecule has 0 radical (unpaired) electrons. The first-order chi connectivity index (χ1) is 17.1. The minimum Gasteiger partial charge on any atom is -0.491 e. The van der Waals surface area contributed by atoms with Gasteiger partial charge in [0.1, 0.15) is 18.5 Å². The van der Waals surface area contributed by atoms with E-state index in [9.17, 15) is 21.9 Å². The maximum absolute atomic E-state index is 12.9. The molecule has 0 amide bonds. The van der Waals surface area contributed by atoms with Crippen LogP contribution in [0.3, 0.4) is 0 Å². The van der Waals surface area contributed by atoms with E-state index in [1.807, 2.05) is 0 Å². The Balaban J connectivity index is 1.22. The van der Waals surface area contributed by atoms with E-state index in [4.69, 9.17) is 9.47 Å². The van der Waals surface area contributed by atoms with Crippen molar-refractivity contribution in [2.75, 3.05) is 39.9 Å². The van der Waals surface area contributed by atoms with Gasteiger partial charge in [-0.25, -0.2) is 21.6 Å². The smallest absolute Gasteiger partial charge is 0.243 e. The third kappa shape index (κ3) is 6.25. The lowest BCUT2D eigenvalue weighted by Gasteiger charge is -2.38. The van der Waals surface area contributed by atoms with Crippen molar-refractivity contribution < 1.29 is 31.4 Å². The second-order valence-electron chi connectivity index (χ2n) is 9.17. The second-order valence-corrected chi connectivity index (χ2v) is 13.0. The molecule has 0 saturated carbocycles. The van der Waals surface area contributed by atoms with Gasteiger partial charge in [-0.1, -0.05) is 24.3 Å². The summed E-state index contributed by atoms with van der Waals surface area (Å²) in [5, 5.41) is 13.7. The van der Waals surface area contributed by atoms with Gasteiger partial charge >= 0.3 is 0 Å². The minimum atomic E-state index is -3.58. The zero-order chi connectivity index (χ0) is 25.8. The first kappa shape index (κ1) is 27.0. The summed E-state index contributed by atoms with van der Waals surface area (Å²) in [6, 6.07) is 14.6. The molecule has 1 spiro atoms. The molecular weight excluding hydrogens is 506 g/mol. The summed E-state index contributed by atoms with van der Waals surface area (Å²) in [7, 11) is -5.74. The lowest BCUT2D eigenvalue weighted by atomic mass is 9.88. The number of benzene rings is 2. The number of aliphatic hydroxyl groups excluding tert-OH is 1. The normalized spacial score (nSPS) is 21.4. The van der Waals surface area contributed by atoms with E-state index in [2.05, 4.69) is 10.0 Å². The number of piperidine rings is 1. The van der Waals surface area contributed by atoms with Crippen LogP contribution in [0.5, 0.6) is 5.75 Å². The summed E-state index contributed by atoms with van der Waals surface area (Å²) < 4.78 is 65.1. The molecule has 2 aromatic rings. The SMILES string of the molecule is CNS(=O)(=O)c1cccc(OCC(O)CNC2COC3(CCN(S(=O)(=O)c4ccccc4)CC3)C2)c1. The largest absolute Gasteiger partial charge is 0.491 e. The zero-order valence-corrected chi connectivity index (χ0v) is 21.8. The Morgan fingerprint density at radius 2 is 1.78 bits per heavy atom. The van der Waals surface area contributed by atoms with E-state index < -0.39 is 26.2 Å². The summed E-state index contributed by atoms with van der Waals surface area (Å²) in [5.74, 6) is 0.353. The molecule has 0 bridgehead atoms. The second kappa shape index (κ2) is 11.1. The molecule has 10 nitrogen and oxygen atoms in total. The number of hydrogen-bond acceptors (Lipinski definition) is 8. The molecule has 2 atom stereocenters. The molecule has 2 unspecified atom stereocenters. The topological polar surface area (TPSA) is 134 Å². The molecule has 2 heterocycles. The standard InChI is InChI=1S/C24H33N3O7S2/c1-25-35(29,30)23-9-5-6-21(14-23)33-18-20(28)16-26-19-15-24(34-17-19)10-12-27(13-11-24)36(31,32)22-7-3-2-4-8-22/h2-9,14,19-20,25-26,28H,10-13,15-18H2,1H3.